The number of hydrogen-bond acceptors (Lipinski definition) is 4. The Hall–Kier alpha value is 0.200. The Bertz CT molecular complexity index is 120. The van der Waals surface area contributed by atoms with E-state index in [0.29, 0.717) is 12.8 Å². The Morgan fingerprint density at radius 2 is 1.15 bits per heavy atom. The van der Waals surface area contributed by atoms with E-state index in [4.69, 9.17) is 0 Å². The van der Waals surface area contributed by atoms with E-state index in [1.807, 2.05) is 0 Å². The van der Waals surface area contributed by atoms with E-state index in [9.17, 15) is 19.8 Å². The van der Waals surface area contributed by atoms with Crippen LogP contribution in [0.4, 0.5) is 0 Å². The van der Waals surface area contributed by atoms with Crippen molar-refractivity contribution in [3.63, 3.8) is 0 Å². The summed E-state index contributed by atoms with van der Waals surface area (Å²) in [4.78, 5) is 19.0. The van der Waals surface area contributed by atoms with E-state index >= 15 is 0 Å². The van der Waals surface area contributed by atoms with Gasteiger partial charge in [-0.3, -0.25) is 0 Å². The minimum Gasteiger partial charge on any atom is -0.550 e. The van der Waals surface area contributed by atoms with E-state index in [2.05, 4.69) is 0 Å². The van der Waals surface area contributed by atoms with Gasteiger partial charge in [-0.2, -0.15) is 0 Å². The molecule has 72 valence electrons. The summed E-state index contributed by atoms with van der Waals surface area (Å²) in [6, 6.07) is 0. The smallest absolute Gasteiger partial charge is 0.550 e. The summed E-state index contributed by atoms with van der Waals surface area (Å²) >= 11 is 0. The summed E-state index contributed by atoms with van der Waals surface area (Å²) in [6.45, 7) is 3.60. The van der Waals surface area contributed by atoms with Crippen molar-refractivity contribution in [1.82, 2.24) is 0 Å². The first-order chi connectivity index (χ1) is 5.54. The Kier molecular flexibility index (Phi) is 21.4. The molecule has 0 amide bonds. The number of carbonyl (C=O) groups excluding carboxylic acids is 2. The molecule has 0 unspecified atom stereocenters. The Labute approximate surface area is 108 Å². The monoisotopic (exact) mass is 214 g/mol. The molecular weight excluding hydrogens is 200 g/mol. The summed E-state index contributed by atoms with van der Waals surface area (Å²) in [5.74, 6) is -1.92. The average molecular weight is 214 g/mol. The second-order valence-electron chi connectivity index (χ2n) is 2.24. The van der Waals surface area contributed by atoms with Crippen molar-refractivity contribution in [2.45, 2.75) is 39.5 Å². The number of carboxylic acids is 2. The van der Waals surface area contributed by atoms with Gasteiger partial charge >= 0.3 is 37.7 Å². The maximum Gasteiger partial charge on any atom is 2.00 e. The van der Waals surface area contributed by atoms with Crippen LogP contribution in [-0.4, -0.2) is 49.7 Å². The van der Waals surface area contributed by atoms with Gasteiger partial charge in [-0.05, 0) is 12.8 Å². The summed E-state index contributed by atoms with van der Waals surface area (Å²) in [7, 11) is 0. The molecule has 0 heterocycles. The Morgan fingerprint density at radius 1 is 0.923 bits per heavy atom. The second kappa shape index (κ2) is 14.7. The first-order valence-corrected chi connectivity index (χ1v) is 3.94. The normalized spacial score (nSPS) is 7.54. The van der Waals surface area contributed by atoms with Gasteiger partial charge in [0.05, 0.1) is 0 Å². The van der Waals surface area contributed by atoms with Crippen LogP contribution in [0.25, 0.3) is 0 Å². The fourth-order valence-corrected chi connectivity index (χ4v) is 0.408. The van der Waals surface area contributed by atoms with Crippen LogP contribution in [0.5, 0.6) is 0 Å². The number of aliphatic carboxylic acids is 2. The molecule has 0 rings (SSSR count). The third-order valence-electron chi connectivity index (χ3n) is 0.908. The van der Waals surface area contributed by atoms with E-state index in [-0.39, 0.29) is 50.6 Å². The van der Waals surface area contributed by atoms with E-state index in [0.717, 1.165) is 0 Å². The fraction of sp³-hybridized carbons (Fsp3) is 0.750. The molecule has 0 aromatic rings. The van der Waals surface area contributed by atoms with E-state index < -0.39 is 11.9 Å². The number of carbonyl (C=O) groups is 2. The van der Waals surface area contributed by atoms with Crippen LogP contribution in [0.3, 0.4) is 0 Å². The van der Waals surface area contributed by atoms with Gasteiger partial charge in [0.1, 0.15) is 0 Å². The molecule has 0 bridgehead atoms. The van der Waals surface area contributed by atoms with Gasteiger partial charge in [0.25, 0.3) is 0 Å². The van der Waals surface area contributed by atoms with Gasteiger partial charge in [-0.1, -0.05) is 26.7 Å². The molecule has 0 saturated heterocycles. The largest absolute Gasteiger partial charge is 2.00 e. The molecule has 0 saturated carbocycles. The van der Waals surface area contributed by atoms with Crippen LogP contribution in [-0.2, 0) is 9.59 Å². The molecule has 0 aromatic heterocycles. The first-order valence-electron chi connectivity index (χ1n) is 3.94. The molecule has 13 heavy (non-hydrogen) atoms. The van der Waals surface area contributed by atoms with Crippen molar-refractivity contribution in [1.29, 1.82) is 0 Å². The number of hydrogen-bond donors (Lipinski definition) is 0. The number of carboxylic acid groups (broad SMARTS) is 2. The van der Waals surface area contributed by atoms with Crippen LogP contribution in [0.2, 0.25) is 0 Å². The maximum atomic E-state index is 9.49. The minimum atomic E-state index is -0.961. The molecule has 0 atom stereocenters. The van der Waals surface area contributed by atoms with Gasteiger partial charge in [0.2, 0.25) is 0 Å². The van der Waals surface area contributed by atoms with Gasteiger partial charge < -0.3 is 19.8 Å². The zero-order chi connectivity index (χ0) is 9.98. The second-order valence-corrected chi connectivity index (χ2v) is 2.24. The SMILES string of the molecule is CCCC(=O)[O-].CCCC(=O)[O-].[Ca+2]. The van der Waals surface area contributed by atoms with Crippen molar-refractivity contribution in [3.8, 4) is 0 Å². The Balaban J connectivity index is -0.000000143. The van der Waals surface area contributed by atoms with Crippen LogP contribution < -0.4 is 10.2 Å². The molecule has 0 N–H and O–H groups in total. The molecule has 0 fully saturated rings. The first kappa shape index (κ1) is 18.9. The summed E-state index contributed by atoms with van der Waals surface area (Å²) in [6.07, 6.45) is 1.70. The molecule has 0 aromatic carbocycles. The third-order valence-corrected chi connectivity index (χ3v) is 0.908. The molecule has 5 heteroatoms. The van der Waals surface area contributed by atoms with Crippen LogP contribution in [0, 0.1) is 0 Å². The predicted octanol–water partition coefficient (Wildman–Crippen LogP) is -1.31. The maximum absolute atomic E-state index is 9.49. The molecular formula is C8H14CaO4. The molecule has 4 nitrogen and oxygen atoms in total. The van der Waals surface area contributed by atoms with Crippen molar-refractivity contribution < 1.29 is 19.8 Å². The third kappa shape index (κ3) is 33.0. The van der Waals surface area contributed by atoms with Gasteiger partial charge in [-0.25, -0.2) is 0 Å². The molecule has 0 radical (unpaired) electrons. The zero-order valence-electron chi connectivity index (χ0n) is 8.17. The summed E-state index contributed by atoms with van der Waals surface area (Å²) in [5, 5.41) is 19.0. The van der Waals surface area contributed by atoms with Crippen molar-refractivity contribution in [3.05, 3.63) is 0 Å². The minimum absolute atomic E-state index is 0. The van der Waals surface area contributed by atoms with Gasteiger partial charge in [0, 0.05) is 11.9 Å². The van der Waals surface area contributed by atoms with Gasteiger partial charge in [0.15, 0.2) is 0 Å². The quantitative estimate of drug-likeness (QED) is 0.544. The molecule has 0 spiro atoms. The van der Waals surface area contributed by atoms with Crippen molar-refractivity contribution in [2.75, 3.05) is 0 Å². The summed E-state index contributed by atoms with van der Waals surface area (Å²) in [5.41, 5.74) is 0. The zero-order valence-corrected chi connectivity index (χ0v) is 10.4. The molecule has 0 aliphatic rings. The van der Waals surface area contributed by atoms with E-state index in [1.54, 1.807) is 13.8 Å². The van der Waals surface area contributed by atoms with Gasteiger partial charge in [-0.15, -0.1) is 0 Å². The van der Waals surface area contributed by atoms with E-state index in [1.165, 1.54) is 0 Å². The molecule has 0 aliphatic heterocycles. The average Bonchev–Trinajstić information content (AvgIpc) is 1.87. The van der Waals surface area contributed by atoms with Crippen LogP contribution in [0.1, 0.15) is 39.5 Å². The topological polar surface area (TPSA) is 80.3 Å². The summed E-state index contributed by atoms with van der Waals surface area (Å²) < 4.78 is 0. The van der Waals surface area contributed by atoms with Crippen LogP contribution in [0.15, 0.2) is 0 Å². The molecule has 0 aliphatic carbocycles. The predicted molar refractivity (Wildman–Crippen MR) is 45.6 cm³/mol. The fourth-order valence-electron chi connectivity index (χ4n) is 0.408. The Morgan fingerprint density at radius 3 is 1.15 bits per heavy atom. The number of rotatable bonds is 4. The van der Waals surface area contributed by atoms with Crippen LogP contribution >= 0.6 is 0 Å². The standard InChI is InChI=1S/2C4H8O2.Ca/c2*1-2-3-4(5)6;/h2*2-3H2,1H3,(H,5,6);/q;;+2/p-2. The van der Waals surface area contributed by atoms with Crippen molar-refractivity contribution in [2.24, 2.45) is 0 Å². The van der Waals surface area contributed by atoms with Crippen molar-refractivity contribution >= 4 is 49.7 Å².